The molecule has 0 aliphatic heterocycles. The lowest BCUT2D eigenvalue weighted by atomic mass is 10.0. The summed E-state index contributed by atoms with van der Waals surface area (Å²) in [5.41, 5.74) is 1.38. The summed E-state index contributed by atoms with van der Waals surface area (Å²) in [6.07, 6.45) is 29.8. The zero-order chi connectivity index (χ0) is 48.4. The number of benzene rings is 1. The van der Waals surface area contributed by atoms with Crippen LogP contribution in [0.2, 0.25) is 0 Å². The van der Waals surface area contributed by atoms with E-state index in [1.54, 1.807) is 0 Å². The van der Waals surface area contributed by atoms with E-state index in [9.17, 15) is 0 Å². The predicted octanol–water partition coefficient (Wildman–Crippen LogP) is 11.0. The van der Waals surface area contributed by atoms with E-state index in [4.69, 9.17) is 61.6 Å². The minimum atomic E-state index is 0.512. The van der Waals surface area contributed by atoms with Gasteiger partial charge in [-0.15, -0.1) is 0 Å². The Morgan fingerprint density at radius 2 is 0.441 bits per heavy atom. The van der Waals surface area contributed by atoms with Gasteiger partial charge in [0.15, 0.2) is 0 Å². The molecule has 0 heterocycles. The van der Waals surface area contributed by atoms with Gasteiger partial charge in [-0.05, 0) is 37.0 Å². The molecule has 0 unspecified atom stereocenters. The smallest absolute Gasteiger partial charge is 0.119 e. The number of hydrogen-bond donors (Lipinski definition) is 0. The van der Waals surface area contributed by atoms with E-state index in [1.807, 2.05) is 0 Å². The second-order valence-electron chi connectivity index (χ2n) is 17.3. The van der Waals surface area contributed by atoms with Gasteiger partial charge in [0.1, 0.15) is 12.4 Å². The summed E-state index contributed by atoms with van der Waals surface area (Å²) < 4.78 is 72.7. The first-order valence-corrected chi connectivity index (χ1v) is 27.5. The SMILES string of the molecule is CCCCCCCCCCCCCCCCOCCOCCOCCOCCOCCOCCOCCOCCOCCOCCOCCOCCOc1ccc(CCCCCCCCC)cc1. The van der Waals surface area contributed by atoms with Crippen molar-refractivity contribution in [3.8, 4) is 5.75 Å². The van der Waals surface area contributed by atoms with Gasteiger partial charge in [0.25, 0.3) is 0 Å². The molecular weight excluding hydrogens is 869 g/mol. The summed E-state index contributed by atoms with van der Waals surface area (Å²) >= 11 is 0. The fourth-order valence-electron chi connectivity index (χ4n) is 7.18. The number of unbranched alkanes of at least 4 members (excludes halogenated alkanes) is 19. The molecule has 1 aromatic carbocycles. The second kappa shape index (κ2) is 58.1. The molecule has 402 valence electrons. The highest BCUT2D eigenvalue weighted by Crippen LogP contribution is 2.16. The van der Waals surface area contributed by atoms with Crippen molar-refractivity contribution in [2.45, 2.75) is 155 Å². The monoisotopic (exact) mass is 973 g/mol. The van der Waals surface area contributed by atoms with Gasteiger partial charge < -0.3 is 61.6 Å². The summed E-state index contributed by atoms with van der Waals surface area (Å²) in [6.45, 7) is 18.2. The first-order valence-electron chi connectivity index (χ1n) is 27.5. The topological polar surface area (TPSA) is 120 Å². The largest absolute Gasteiger partial charge is 0.491 e. The fraction of sp³-hybridized carbons (Fsp3) is 0.891. The van der Waals surface area contributed by atoms with Crippen molar-refractivity contribution < 1.29 is 61.6 Å². The lowest BCUT2D eigenvalue weighted by molar-refractivity contribution is -0.0285. The first kappa shape index (κ1) is 64.6. The summed E-state index contributed by atoms with van der Waals surface area (Å²) in [5, 5.41) is 0. The van der Waals surface area contributed by atoms with Crippen molar-refractivity contribution in [3.63, 3.8) is 0 Å². The highest BCUT2D eigenvalue weighted by Gasteiger charge is 2.01. The molecule has 0 radical (unpaired) electrons. The van der Waals surface area contributed by atoms with Gasteiger partial charge >= 0.3 is 0 Å². The first-order chi connectivity index (χ1) is 33.9. The Labute approximate surface area is 416 Å². The molecule has 0 aromatic heterocycles. The predicted molar refractivity (Wildman–Crippen MR) is 274 cm³/mol. The van der Waals surface area contributed by atoms with Crippen molar-refractivity contribution in [2.24, 2.45) is 0 Å². The average molecular weight is 973 g/mol. The molecule has 13 nitrogen and oxygen atoms in total. The molecule has 0 saturated heterocycles. The average Bonchev–Trinajstić information content (AvgIpc) is 3.35. The molecular formula is C55H104O13. The second-order valence-corrected chi connectivity index (χ2v) is 17.3. The Morgan fingerprint density at radius 3 is 0.721 bits per heavy atom. The normalized spacial score (nSPS) is 11.6. The Morgan fingerprint density at radius 1 is 0.221 bits per heavy atom. The van der Waals surface area contributed by atoms with Crippen LogP contribution in [0.4, 0.5) is 0 Å². The van der Waals surface area contributed by atoms with Crippen LogP contribution >= 0.6 is 0 Å². The standard InChI is InChI=1S/C55H104O13/c1-3-5-7-9-11-12-13-14-15-16-17-19-21-23-29-56-30-31-57-32-33-58-34-35-59-36-37-60-38-39-61-40-41-62-42-43-63-44-45-64-46-47-65-48-49-66-50-51-67-52-53-68-55-27-25-54(26-28-55)24-22-20-18-10-8-6-4-2/h25-28H,3-24,29-53H2,1-2H3. The van der Waals surface area contributed by atoms with Gasteiger partial charge in [-0.3, -0.25) is 0 Å². The van der Waals surface area contributed by atoms with E-state index in [0.29, 0.717) is 159 Å². The maximum Gasteiger partial charge on any atom is 0.119 e. The van der Waals surface area contributed by atoms with Crippen LogP contribution in [-0.4, -0.2) is 165 Å². The van der Waals surface area contributed by atoms with E-state index in [1.165, 1.54) is 134 Å². The van der Waals surface area contributed by atoms with Crippen LogP contribution in [0.1, 0.15) is 154 Å². The van der Waals surface area contributed by atoms with Crippen LogP contribution in [0.3, 0.4) is 0 Å². The molecule has 0 N–H and O–H groups in total. The molecule has 0 bridgehead atoms. The Kier molecular flexibility index (Phi) is 55.2. The number of ether oxygens (including phenoxy) is 13. The number of hydrogen-bond acceptors (Lipinski definition) is 13. The summed E-state index contributed by atoms with van der Waals surface area (Å²) in [4.78, 5) is 0. The van der Waals surface area contributed by atoms with Gasteiger partial charge in [0, 0.05) is 6.61 Å². The highest BCUT2D eigenvalue weighted by atomic mass is 16.6. The van der Waals surface area contributed by atoms with Crippen LogP contribution in [-0.2, 0) is 63.3 Å². The molecule has 0 aliphatic rings. The molecule has 0 fully saturated rings. The Bertz CT molecular complexity index is 1050. The number of aryl methyl sites for hydroxylation is 1. The van der Waals surface area contributed by atoms with E-state index in [-0.39, 0.29) is 0 Å². The zero-order valence-electron chi connectivity index (χ0n) is 43.9. The van der Waals surface area contributed by atoms with Gasteiger partial charge in [-0.25, -0.2) is 0 Å². The zero-order valence-corrected chi connectivity index (χ0v) is 43.9. The molecule has 0 atom stereocenters. The third-order valence-electron chi connectivity index (χ3n) is 11.2. The third-order valence-corrected chi connectivity index (χ3v) is 11.2. The molecule has 1 rings (SSSR count). The highest BCUT2D eigenvalue weighted by molar-refractivity contribution is 5.27. The van der Waals surface area contributed by atoms with Crippen LogP contribution < -0.4 is 4.74 Å². The van der Waals surface area contributed by atoms with Crippen molar-refractivity contribution in [1.82, 2.24) is 0 Å². The maximum absolute atomic E-state index is 5.80. The molecule has 13 heteroatoms. The number of rotatable bonds is 60. The summed E-state index contributed by atoms with van der Waals surface area (Å²) in [7, 11) is 0. The molecule has 0 spiro atoms. The maximum atomic E-state index is 5.80. The van der Waals surface area contributed by atoms with Gasteiger partial charge in [0.2, 0.25) is 0 Å². The molecule has 1 aromatic rings. The van der Waals surface area contributed by atoms with Crippen molar-refractivity contribution in [1.29, 1.82) is 0 Å². The van der Waals surface area contributed by atoms with Gasteiger partial charge in [-0.2, -0.15) is 0 Å². The van der Waals surface area contributed by atoms with Crippen LogP contribution in [0, 0.1) is 0 Å². The van der Waals surface area contributed by atoms with Gasteiger partial charge in [-0.1, -0.05) is 148 Å². The summed E-state index contributed by atoms with van der Waals surface area (Å²) in [6, 6.07) is 8.47. The van der Waals surface area contributed by atoms with Gasteiger partial charge in [0.05, 0.1) is 152 Å². The lowest BCUT2D eigenvalue weighted by Crippen LogP contribution is -2.15. The van der Waals surface area contributed by atoms with Crippen molar-refractivity contribution >= 4 is 0 Å². The molecule has 0 aliphatic carbocycles. The minimum Gasteiger partial charge on any atom is -0.491 e. The van der Waals surface area contributed by atoms with Crippen LogP contribution in [0.25, 0.3) is 0 Å². The quantitative estimate of drug-likeness (QED) is 0.0577. The van der Waals surface area contributed by atoms with Crippen LogP contribution in [0.15, 0.2) is 24.3 Å². The van der Waals surface area contributed by atoms with E-state index >= 15 is 0 Å². The van der Waals surface area contributed by atoms with E-state index in [2.05, 4.69) is 38.1 Å². The lowest BCUT2D eigenvalue weighted by Gasteiger charge is -2.09. The van der Waals surface area contributed by atoms with Crippen molar-refractivity contribution in [3.05, 3.63) is 29.8 Å². The fourth-order valence-corrected chi connectivity index (χ4v) is 7.18. The Balaban J connectivity index is 1.63. The minimum absolute atomic E-state index is 0.512. The Hall–Kier alpha value is -1.46. The van der Waals surface area contributed by atoms with E-state index in [0.717, 1.165) is 25.2 Å². The van der Waals surface area contributed by atoms with Crippen molar-refractivity contribution in [2.75, 3.05) is 165 Å². The summed E-state index contributed by atoms with van der Waals surface area (Å²) in [5.74, 6) is 0.888. The molecule has 0 amide bonds. The third kappa shape index (κ3) is 52.4. The molecule has 0 saturated carbocycles. The molecule has 68 heavy (non-hydrogen) atoms. The van der Waals surface area contributed by atoms with E-state index < -0.39 is 0 Å². The van der Waals surface area contributed by atoms with Crippen LogP contribution in [0.5, 0.6) is 5.75 Å².